The fourth-order valence-corrected chi connectivity index (χ4v) is 3.38. The van der Waals surface area contributed by atoms with Crippen LogP contribution >= 0.6 is 24.2 Å². The highest BCUT2D eigenvalue weighted by atomic mass is 35.5. The minimum Gasteiger partial charge on any atom is -0.486 e. The average Bonchev–Trinajstić information content (AvgIpc) is 2.61. The Labute approximate surface area is 153 Å². The Kier molecular flexibility index (Phi) is 7.75. The Hall–Kier alpha value is -1.37. The van der Waals surface area contributed by atoms with Gasteiger partial charge in [-0.15, -0.1) is 24.2 Å². The van der Waals surface area contributed by atoms with Crippen LogP contribution < -0.4 is 20.1 Å². The molecule has 0 saturated carbocycles. The average molecular weight is 371 g/mol. The number of halogens is 1. The highest BCUT2D eigenvalue weighted by molar-refractivity contribution is 7.99. The number of ether oxygens (including phenoxy) is 2. The van der Waals surface area contributed by atoms with Gasteiger partial charge in [0.2, 0.25) is 5.91 Å². The molecule has 0 aliphatic carbocycles. The summed E-state index contributed by atoms with van der Waals surface area (Å²) in [5.74, 6) is 2.46. The van der Waals surface area contributed by atoms with Gasteiger partial charge < -0.3 is 20.1 Å². The number of fused-ring (bicyclic) bond motifs is 1. The van der Waals surface area contributed by atoms with E-state index >= 15 is 0 Å². The van der Waals surface area contributed by atoms with Gasteiger partial charge >= 0.3 is 0 Å². The van der Waals surface area contributed by atoms with Gasteiger partial charge in [0, 0.05) is 30.2 Å². The van der Waals surface area contributed by atoms with Crippen LogP contribution in [0.3, 0.4) is 0 Å². The van der Waals surface area contributed by atoms with Crippen LogP contribution in [0.4, 0.5) is 0 Å². The Bertz CT molecular complexity index is 595. The Morgan fingerprint density at radius 3 is 2.88 bits per heavy atom. The molecule has 1 aromatic rings. The molecule has 2 heterocycles. The van der Waals surface area contributed by atoms with E-state index in [1.54, 1.807) is 11.8 Å². The van der Waals surface area contributed by atoms with E-state index in [1.165, 1.54) is 5.57 Å². The molecule has 0 spiro atoms. The van der Waals surface area contributed by atoms with E-state index in [-0.39, 0.29) is 18.3 Å². The molecule has 2 N–H and O–H groups in total. The molecule has 0 saturated heterocycles. The predicted octanol–water partition coefficient (Wildman–Crippen LogP) is 2.40. The first kappa shape index (κ1) is 19.0. The van der Waals surface area contributed by atoms with Crippen molar-refractivity contribution in [1.29, 1.82) is 0 Å². The van der Waals surface area contributed by atoms with E-state index in [1.807, 2.05) is 18.2 Å². The molecule has 24 heavy (non-hydrogen) atoms. The van der Waals surface area contributed by atoms with E-state index in [0.29, 0.717) is 26.2 Å². The number of benzene rings is 1. The van der Waals surface area contributed by atoms with Gasteiger partial charge in [0.1, 0.15) is 13.2 Å². The van der Waals surface area contributed by atoms with Gasteiger partial charge in [0.25, 0.3) is 0 Å². The SMILES string of the molecule is Cl.O=C(CCSc1ccc2c(c1)OCCO2)NCC1=CCNCC1. The van der Waals surface area contributed by atoms with Crippen LogP contribution in [0, 0.1) is 0 Å². The van der Waals surface area contributed by atoms with Crippen LogP contribution in [-0.4, -0.2) is 44.5 Å². The third-order valence-electron chi connectivity index (χ3n) is 3.78. The van der Waals surface area contributed by atoms with E-state index in [2.05, 4.69) is 16.7 Å². The number of hydrogen-bond donors (Lipinski definition) is 2. The lowest BCUT2D eigenvalue weighted by Crippen LogP contribution is -2.29. The zero-order chi connectivity index (χ0) is 15.9. The standard InChI is InChI=1S/C17H22N2O3S.ClH/c20-17(19-12-13-3-6-18-7-4-13)5-10-23-14-1-2-15-16(11-14)22-9-8-21-15;/h1-3,11,18H,4-10,12H2,(H,19,20);1H. The summed E-state index contributed by atoms with van der Waals surface area (Å²) in [6.45, 7) is 3.78. The van der Waals surface area contributed by atoms with Gasteiger partial charge in [-0.05, 0) is 31.2 Å². The van der Waals surface area contributed by atoms with Gasteiger partial charge in [0.15, 0.2) is 11.5 Å². The van der Waals surface area contributed by atoms with Crippen LogP contribution in [-0.2, 0) is 4.79 Å². The first-order chi connectivity index (χ1) is 11.3. The first-order valence-electron chi connectivity index (χ1n) is 7.99. The number of carbonyl (C=O) groups is 1. The van der Waals surface area contributed by atoms with Crippen molar-refractivity contribution in [2.45, 2.75) is 17.7 Å². The second-order valence-electron chi connectivity index (χ2n) is 5.50. The molecular formula is C17H23ClN2O3S. The van der Waals surface area contributed by atoms with E-state index in [0.717, 1.165) is 41.7 Å². The van der Waals surface area contributed by atoms with Crippen molar-refractivity contribution < 1.29 is 14.3 Å². The third-order valence-corrected chi connectivity index (χ3v) is 4.78. The monoisotopic (exact) mass is 370 g/mol. The Balaban J connectivity index is 0.00000208. The van der Waals surface area contributed by atoms with Crippen LogP contribution in [0.25, 0.3) is 0 Å². The fraction of sp³-hybridized carbons (Fsp3) is 0.471. The minimum absolute atomic E-state index is 0. The first-order valence-corrected chi connectivity index (χ1v) is 8.97. The molecule has 0 unspecified atom stereocenters. The van der Waals surface area contributed by atoms with Crippen LogP contribution in [0.1, 0.15) is 12.8 Å². The number of hydrogen-bond acceptors (Lipinski definition) is 5. The van der Waals surface area contributed by atoms with Gasteiger partial charge in [0.05, 0.1) is 0 Å². The number of nitrogens with one attached hydrogen (secondary N) is 2. The molecule has 0 fully saturated rings. The molecule has 0 atom stereocenters. The van der Waals surface area contributed by atoms with Gasteiger partial charge in [-0.3, -0.25) is 4.79 Å². The normalized spacial score (nSPS) is 15.9. The topological polar surface area (TPSA) is 59.6 Å². The highest BCUT2D eigenvalue weighted by Crippen LogP contribution is 2.34. The zero-order valence-corrected chi connectivity index (χ0v) is 15.1. The molecule has 1 amide bonds. The summed E-state index contributed by atoms with van der Waals surface area (Å²) in [5, 5.41) is 6.26. The van der Waals surface area contributed by atoms with Crippen molar-refractivity contribution in [3.05, 3.63) is 29.8 Å². The zero-order valence-electron chi connectivity index (χ0n) is 13.5. The number of rotatable bonds is 6. The maximum atomic E-state index is 11.9. The second kappa shape index (κ2) is 9.81. The van der Waals surface area contributed by atoms with Crippen LogP contribution in [0.5, 0.6) is 11.5 Å². The van der Waals surface area contributed by atoms with Gasteiger partial charge in [-0.1, -0.05) is 11.6 Å². The van der Waals surface area contributed by atoms with Crippen molar-refractivity contribution in [2.24, 2.45) is 0 Å². The molecular weight excluding hydrogens is 348 g/mol. The van der Waals surface area contributed by atoms with E-state index in [9.17, 15) is 4.79 Å². The number of amides is 1. The summed E-state index contributed by atoms with van der Waals surface area (Å²) in [7, 11) is 0. The largest absolute Gasteiger partial charge is 0.486 e. The van der Waals surface area contributed by atoms with Gasteiger partial charge in [-0.25, -0.2) is 0 Å². The van der Waals surface area contributed by atoms with Crippen molar-refractivity contribution >= 4 is 30.1 Å². The lowest BCUT2D eigenvalue weighted by atomic mass is 10.1. The molecule has 132 valence electrons. The summed E-state index contributed by atoms with van der Waals surface area (Å²) in [4.78, 5) is 13.0. The lowest BCUT2D eigenvalue weighted by Gasteiger charge is -2.18. The Morgan fingerprint density at radius 1 is 1.25 bits per heavy atom. The summed E-state index contributed by atoms with van der Waals surface area (Å²) in [5.41, 5.74) is 1.32. The van der Waals surface area contributed by atoms with Crippen molar-refractivity contribution in [2.75, 3.05) is 38.6 Å². The molecule has 0 radical (unpaired) electrons. The quantitative estimate of drug-likeness (QED) is 0.594. The predicted molar refractivity (Wildman–Crippen MR) is 98.6 cm³/mol. The fourth-order valence-electron chi connectivity index (χ4n) is 2.51. The summed E-state index contributed by atoms with van der Waals surface area (Å²) in [6.07, 6.45) is 3.70. The summed E-state index contributed by atoms with van der Waals surface area (Å²) >= 11 is 1.66. The molecule has 2 aliphatic rings. The number of thioether (sulfide) groups is 1. The highest BCUT2D eigenvalue weighted by Gasteiger charge is 2.12. The molecule has 3 rings (SSSR count). The van der Waals surface area contributed by atoms with Crippen molar-refractivity contribution in [3.63, 3.8) is 0 Å². The van der Waals surface area contributed by atoms with Crippen molar-refractivity contribution in [3.8, 4) is 11.5 Å². The molecule has 5 nitrogen and oxygen atoms in total. The molecule has 2 aliphatic heterocycles. The summed E-state index contributed by atoms with van der Waals surface area (Å²) < 4.78 is 11.1. The second-order valence-corrected chi connectivity index (χ2v) is 6.67. The molecule has 0 aromatic heterocycles. The van der Waals surface area contributed by atoms with Crippen LogP contribution in [0.2, 0.25) is 0 Å². The van der Waals surface area contributed by atoms with E-state index in [4.69, 9.17) is 9.47 Å². The van der Waals surface area contributed by atoms with E-state index < -0.39 is 0 Å². The summed E-state index contributed by atoms with van der Waals surface area (Å²) in [6, 6.07) is 5.92. The lowest BCUT2D eigenvalue weighted by molar-refractivity contribution is -0.120. The van der Waals surface area contributed by atoms with Crippen LogP contribution in [0.15, 0.2) is 34.7 Å². The van der Waals surface area contributed by atoms with Gasteiger partial charge in [-0.2, -0.15) is 0 Å². The molecule has 1 aromatic carbocycles. The molecule has 0 bridgehead atoms. The maximum Gasteiger partial charge on any atom is 0.221 e. The van der Waals surface area contributed by atoms with Crippen molar-refractivity contribution in [1.82, 2.24) is 10.6 Å². The Morgan fingerprint density at radius 2 is 2.08 bits per heavy atom. The molecule has 7 heteroatoms. The number of carbonyl (C=O) groups excluding carboxylic acids is 1. The minimum atomic E-state index is 0. The third kappa shape index (κ3) is 5.61. The smallest absolute Gasteiger partial charge is 0.221 e. The maximum absolute atomic E-state index is 11.9.